The third-order valence-electron chi connectivity index (χ3n) is 0.845. The summed E-state index contributed by atoms with van der Waals surface area (Å²) in [4.78, 5) is 22.6. The predicted molar refractivity (Wildman–Crippen MR) is 35.3 cm³/mol. The number of hydrogen-bond acceptors (Lipinski definition) is 2. The van der Waals surface area contributed by atoms with E-state index in [1.807, 2.05) is 0 Å². The molecule has 10 heavy (non-hydrogen) atoms. The van der Waals surface area contributed by atoms with Gasteiger partial charge in [0, 0.05) is 0 Å². The van der Waals surface area contributed by atoms with Crippen molar-refractivity contribution in [3.8, 4) is 0 Å². The first kappa shape index (κ1) is 7.75. The van der Waals surface area contributed by atoms with E-state index in [1.165, 1.54) is 0 Å². The van der Waals surface area contributed by atoms with Crippen molar-refractivity contribution in [1.29, 1.82) is 0 Å². The van der Waals surface area contributed by atoms with E-state index in [0.29, 0.717) is 0 Å². The van der Waals surface area contributed by atoms with Gasteiger partial charge in [0.2, 0.25) is 5.28 Å². The smallest absolute Gasteiger partial charge is 0.322 e. The van der Waals surface area contributed by atoms with Crippen LogP contribution in [0.1, 0.15) is 0 Å². The zero-order chi connectivity index (χ0) is 7.78. The van der Waals surface area contributed by atoms with Gasteiger partial charge in [-0.2, -0.15) is 0 Å². The highest BCUT2D eigenvalue weighted by atomic mass is 35.5. The van der Waals surface area contributed by atoms with Gasteiger partial charge in [-0.25, -0.2) is 4.98 Å². The lowest BCUT2D eigenvalue weighted by molar-refractivity contribution is 0.386. The van der Waals surface area contributed by atoms with Gasteiger partial charge in [0.15, 0.2) is 0 Å². The van der Waals surface area contributed by atoms with Gasteiger partial charge >= 0.3 is 7.60 Å². The van der Waals surface area contributed by atoms with Crippen LogP contribution < -0.4 is 5.44 Å². The Labute approximate surface area is 61.2 Å². The summed E-state index contributed by atoms with van der Waals surface area (Å²) in [5, 5.41) is -0.0293. The molecule has 56 valence electrons. The fourth-order valence-corrected chi connectivity index (χ4v) is 1.11. The third kappa shape index (κ3) is 1.58. The molecule has 1 heterocycles. The SMILES string of the molecule is O=P(O)(O)c1cnc(Cl)[nH]1. The van der Waals surface area contributed by atoms with Gasteiger partial charge in [-0.15, -0.1) is 0 Å². The molecule has 0 aliphatic rings. The Morgan fingerprint density at radius 3 is 2.50 bits per heavy atom. The number of rotatable bonds is 1. The molecule has 0 amide bonds. The molecule has 0 spiro atoms. The summed E-state index contributed by atoms with van der Waals surface area (Å²) in [5.74, 6) is 0. The van der Waals surface area contributed by atoms with E-state index in [-0.39, 0.29) is 10.7 Å². The van der Waals surface area contributed by atoms with Crippen molar-refractivity contribution in [2.45, 2.75) is 0 Å². The lowest BCUT2D eigenvalue weighted by Crippen LogP contribution is -2.03. The summed E-state index contributed by atoms with van der Waals surface area (Å²) >= 11 is 5.26. The van der Waals surface area contributed by atoms with E-state index in [4.69, 9.17) is 21.4 Å². The number of halogens is 1. The minimum absolute atomic E-state index is 0.0293. The predicted octanol–water partition coefficient (Wildman–Crippen LogP) is -0.134. The van der Waals surface area contributed by atoms with Crippen LogP contribution in [0.3, 0.4) is 0 Å². The van der Waals surface area contributed by atoms with Gasteiger partial charge in [0.25, 0.3) is 0 Å². The van der Waals surface area contributed by atoms with E-state index in [2.05, 4.69) is 9.97 Å². The molecule has 0 radical (unpaired) electrons. The Morgan fingerprint density at radius 1 is 1.70 bits per heavy atom. The van der Waals surface area contributed by atoms with Crippen molar-refractivity contribution < 1.29 is 14.4 Å². The number of aromatic amines is 1. The molecule has 7 heteroatoms. The summed E-state index contributed by atoms with van der Waals surface area (Å²) in [5.41, 5.74) is -0.266. The van der Waals surface area contributed by atoms with Gasteiger partial charge in [0.1, 0.15) is 5.44 Å². The molecule has 0 saturated heterocycles. The molecular formula is C3H4ClN2O3P. The number of nitrogens with one attached hydrogen (secondary N) is 1. The largest absolute Gasteiger partial charge is 0.373 e. The van der Waals surface area contributed by atoms with Gasteiger partial charge in [0.05, 0.1) is 6.20 Å². The number of hydrogen-bond donors (Lipinski definition) is 3. The van der Waals surface area contributed by atoms with E-state index in [9.17, 15) is 4.57 Å². The summed E-state index contributed by atoms with van der Waals surface area (Å²) in [6.07, 6.45) is 1.00. The maximum absolute atomic E-state index is 10.4. The molecule has 0 fully saturated rings. The van der Waals surface area contributed by atoms with E-state index >= 15 is 0 Å². The van der Waals surface area contributed by atoms with E-state index in [1.54, 1.807) is 0 Å². The van der Waals surface area contributed by atoms with Crippen LogP contribution in [-0.2, 0) is 4.57 Å². The summed E-state index contributed by atoms with van der Waals surface area (Å²) in [7, 11) is -4.20. The Morgan fingerprint density at radius 2 is 2.30 bits per heavy atom. The summed E-state index contributed by atoms with van der Waals surface area (Å²) < 4.78 is 10.4. The van der Waals surface area contributed by atoms with Crippen LogP contribution >= 0.6 is 19.2 Å². The number of nitrogens with zero attached hydrogens (tertiary/aromatic N) is 1. The van der Waals surface area contributed by atoms with Crippen LogP contribution in [0.15, 0.2) is 6.20 Å². The molecule has 0 atom stereocenters. The fourth-order valence-electron chi connectivity index (χ4n) is 0.436. The average molecular weight is 183 g/mol. The second-order valence-electron chi connectivity index (χ2n) is 1.60. The molecule has 0 saturated carbocycles. The minimum Gasteiger partial charge on any atom is -0.322 e. The molecule has 1 rings (SSSR count). The molecule has 5 nitrogen and oxygen atoms in total. The maximum atomic E-state index is 10.4. The molecule has 0 aromatic carbocycles. The van der Waals surface area contributed by atoms with Crippen LogP contribution in [0.5, 0.6) is 0 Å². The minimum atomic E-state index is -4.20. The Balaban J connectivity index is 3.08. The normalized spacial score (nSPS) is 11.9. The molecule has 1 aromatic rings. The van der Waals surface area contributed by atoms with Crippen molar-refractivity contribution in [2.24, 2.45) is 0 Å². The Bertz CT molecular complexity index is 279. The van der Waals surface area contributed by atoms with Crippen molar-refractivity contribution >= 4 is 24.6 Å². The quantitative estimate of drug-likeness (QED) is 0.528. The van der Waals surface area contributed by atoms with Gasteiger partial charge in [-0.3, -0.25) is 4.57 Å². The molecule has 0 aliphatic carbocycles. The van der Waals surface area contributed by atoms with Gasteiger partial charge < -0.3 is 14.8 Å². The third-order valence-corrected chi connectivity index (χ3v) is 1.89. The van der Waals surface area contributed by atoms with Crippen LogP contribution in [0, 0.1) is 0 Å². The van der Waals surface area contributed by atoms with E-state index < -0.39 is 7.60 Å². The number of imidazole rings is 1. The first-order valence-corrected chi connectivity index (χ1v) is 4.26. The van der Waals surface area contributed by atoms with Crippen LogP contribution in [0.25, 0.3) is 0 Å². The highest BCUT2D eigenvalue weighted by molar-refractivity contribution is 7.60. The number of H-pyrrole nitrogens is 1. The second kappa shape index (κ2) is 2.36. The van der Waals surface area contributed by atoms with Crippen molar-refractivity contribution in [1.82, 2.24) is 9.97 Å². The van der Waals surface area contributed by atoms with Gasteiger partial charge in [-0.05, 0) is 11.6 Å². The average Bonchev–Trinajstić information content (AvgIpc) is 2.11. The summed E-state index contributed by atoms with van der Waals surface area (Å²) in [6, 6.07) is 0. The zero-order valence-corrected chi connectivity index (χ0v) is 6.30. The summed E-state index contributed by atoms with van der Waals surface area (Å²) in [6.45, 7) is 0. The van der Waals surface area contributed by atoms with Crippen molar-refractivity contribution in [2.75, 3.05) is 0 Å². The zero-order valence-electron chi connectivity index (χ0n) is 4.65. The van der Waals surface area contributed by atoms with Crippen LogP contribution in [0.4, 0.5) is 0 Å². The first-order valence-electron chi connectivity index (χ1n) is 2.27. The topological polar surface area (TPSA) is 86.2 Å². The maximum Gasteiger partial charge on any atom is 0.373 e. The van der Waals surface area contributed by atoms with Crippen LogP contribution in [-0.4, -0.2) is 19.8 Å². The van der Waals surface area contributed by atoms with Crippen molar-refractivity contribution in [3.05, 3.63) is 11.5 Å². The highest BCUT2D eigenvalue weighted by Crippen LogP contribution is 2.31. The molecule has 3 N–H and O–H groups in total. The monoisotopic (exact) mass is 182 g/mol. The Kier molecular flexibility index (Phi) is 1.83. The standard InChI is InChI=1S/C3H4ClN2O3P/c4-3-5-1-2(6-3)10(7,8)9/h1H,(H,5,6)(H2,7,8,9). The molecule has 0 unspecified atom stereocenters. The molecule has 0 bridgehead atoms. The lowest BCUT2D eigenvalue weighted by atomic mass is 11.0. The van der Waals surface area contributed by atoms with Gasteiger partial charge in [-0.1, -0.05) is 0 Å². The molecular weight excluding hydrogens is 178 g/mol. The first-order chi connectivity index (χ1) is 4.50. The lowest BCUT2D eigenvalue weighted by Gasteiger charge is -1.96. The van der Waals surface area contributed by atoms with Crippen molar-refractivity contribution in [3.63, 3.8) is 0 Å². The Hall–Kier alpha value is -0.350. The fraction of sp³-hybridized carbons (Fsp3) is 0. The van der Waals surface area contributed by atoms with E-state index in [0.717, 1.165) is 6.20 Å². The van der Waals surface area contributed by atoms with Crippen LogP contribution in [0.2, 0.25) is 5.28 Å². The second-order valence-corrected chi connectivity index (χ2v) is 3.53. The number of aromatic nitrogens is 2. The molecule has 0 aliphatic heterocycles. The highest BCUT2D eigenvalue weighted by Gasteiger charge is 2.19. The molecule has 1 aromatic heterocycles.